The van der Waals surface area contributed by atoms with E-state index in [9.17, 15) is 0 Å². The molecule has 5 heteroatoms. The third kappa shape index (κ3) is 2.73. The standard InChI is InChI=1S/C15H18BrN3O/c1-9-3-2-4-10(7-9)14-18-15(20-19-14)12-6-5-11(16)8-13(12)17/h5-6,8-10H,2-4,7,17H2,1H3. The number of rotatable bonds is 2. The molecular formula is C15H18BrN3O. The lowest BCUT2D eigenvalue weighted by Gasteiger charge is -2.23. The number of hydrogen-bond donors (Lipinski definition) is 1. The first-order chi connectivity index (χ1) is 9.63. The molecule has 106 valence electrons. The van der Waals surface area contributed by atoms with Crippen LogP contribution in [0.25, 0.3) is 11.5 Å². The van der Waals surface area contributed by atoms with E-state index in [0.29, 0.717) is 17.5 Å². The second-order valence-corrected chi connectivity index (χ2v) is 6.57. The van der Waals surface area contributed by atoms with Crippen molar-refractivity contribution in [2.24, 2.45) is 5.92 Å². The number of halogens is 1. The van der Waals surface area contributed by atoms with Gasteiger partial charge in [0.1, 0.15) is 0 Å². The van der Waals surface area contributed by atoms with E-state index in [4.69, 9.17) is 10.3 Å². The minimum absolute atomic E-state index is 0.424. The van der Waals surface area contributed by atoms with Crippen LogP contribution in [0.3, 0.4) is 0 Å². The van der Waals surface area contributed by atoms with Crippen molar-refractivity contribution in [1.82, 2.24) is 10.1 Å². The molecule has 4 nitrogen and oxygen atoms in total. The lowest BCUT2D eigenvalue weighted by Crippen LogP contribution is -2.12. The van der Waals surface area contributed by atoms with Gasteiger partial charge in [0.15, 0.2) is 5.82 Å². The SMILES string of the molecule is CC1CCCC(c2noc(-c3ccc(Br)cc3N)n2)C1. The third-order valence-corrected chi connectivity index (χ3v) is 4.48. The van der Waals surface area contributed by atoms with Crippen molar-refractivity contribution in [2.75, 3.05) is 5.73 Å². The highest BCUT2D eigenvalue weighted by atomic mass is 79.9. The Morgan fingerprint density at radius 2 is 2.20 bits per heavy atom. The highest BCUT2D eigenvalue weighted by Crippen LogP contribution is 2.36. The smallest absolute Gasteiger partial charge is 0.260 e. The van der Waals surface area contributed by atoms with E-state index in [2.05, 4.69) is 33.0 Å². The largest absolute Gasteiger partial charge is 0.398 e. The number of aromatic nitrogens is 2. The molecule has 1 fully saturated rings. The first kappa shape index (κ1) is 13.6. The number of nitrogens with two attached hydrogens (primary N) is 1. The summed E-state index contributed by atoms with van der Waals surface area (Å²) in [6.07, 6.45) is 4.85. The van der Waals surface area contributed by atoms with Gasteiger partial charge in [-0.2, -0.15) is 4.98 Å². The second kappa shape index (κ2) is 5.56. The van der Waals surface area contributed by atoms with Gasteiger partial charge in [0.25, 0.3) is 5.89 Å². The normalized spacial score (nSPS) is 22.9. The van der Waals surface area contributed by atoms with Crippen LogP contribution in [0.5, 0.6) is 0 Å². The van der Waals surface area contributed by atoms with E-state index in [1.165, 1.54) is 12.8 Å². The summed E-state index contributed by atoms with van der Waals surface area (Å²) < 4.78 is 6.35. The van der Waals surface area contributed by atoms with Crippen molar-refractivity contribution < 1.29 is 4.52 Å². The molecule has 20 heavy (non-hydrogen) atoms. The van der Waals surface area contributed by atoms with Crippen LogP contribution in [0.15, 0.2) is 27.2 Å². The molecule has 1 aromatic heterocycles. The molecule has 0 radical (unpaired) electrons. The zero-order valence-corrected chi connectivity index (χ0v) is 13.1. The minimum Gasteiger partial charge on any atom is -0.398 e. The van der Waals surface area contributed by atoms with Crippen molar-refractivity contribution in [3.05, 3.63) is 28.5 Å². The molecule has 0 aliphatic heterocycles. The molecule has 2 unspecified atom stereocenters. The molecule has 0 saturated heterocycles. The first-order valence-electron chi connectivity index (χ1n) is 7.02. The molecule has 2 aromatic rings. The lowest BCUT2D eigenvalue weighted by atomic mass is 9.82. The monoisotopic (exact) mass is 335 g/mol. The van der Waals surface area contributed by atoms with E-state index in [1.54, 1.807) is 0 Å². The quantitative estimate of drug-likeness (QED) is 0.827. The summed E-state index contributed by atoms with van der Waals surface area (Å²) in [6, 6.07) is 5.68. The maximum Gasteiger partial charge on any atom is 0.260 e. The van der Waals surface area contributed by atoms with Crippen molar-refractivity contribution >= 4 is 21.6 Å². The Bertz CT molecular complexity index is 611. The van der Waals surface area contributed by atoms with Crippen LogP contribution < -0.4 is 5.73 Å². The van der Waals surface area contributed by atoms with Gasteiger partial charge < -0.3 is 10.3 Å². The van der Waals surface area contributed by atoms with Gasteiger partial charge in [0.05, 0.1) is 5.56 Å². The van der Waals surface area contributed by atoms with E-state index >= 15 is 0 Å². The van der Waals surface area contributed by atoms with E-state index in [-0.39, 0.29) is 0 Å². The number of anilines is 1. The average Bonchev–Trinajstić information content (AvgIpc) is 2.88. The maximum atomic E-state index is 6.01. The van der Waals surface area contributed by atoms with Crippen molar-refractivity contribution in [3.63, 3.8) is 0 Å². The Morgan fingerprint density at radius 1 is 1.35 bits per heavy atom. The summed E-state index contributed by atoms with van der Waals surface area (Å²) in [5.74, 6) is 2.51. The van der Waals surface area contributed by atoms with E-state index in [1.807, 2.05) is 18.2 Å². The van der Waals surface area contributed by atoms with Crippen molar-refractivity contribution in [3.8, 4) is 11.5 Å². The summed E-state index contributed by atoms with van der Waals surface area (Å²) in [6.45, 7) is 2.29. The van der Waals surface area contributed by atoms with Gasteiger partial charge in [0, 0.05) is 16.1 Å². The molecule has 3 rings (SSSR count). The van der Waals surface area contributed by atoms with Gasteiger partial charge in [-0.05, 0) is 37.0 Å². The van der Waals surface area contributed by atoms with Gasteiger partial charge >= 0.3 is 0 Å². The summed E-state index contributed by atoms with van der Waals surface area (Å²) in [4.78, 5) is 4.56. The molecule has 1 saturated carbocycles. The minimum atomic E-state index is 0.424. The summed E-state index contributed by atoms with van der Waals surface area (Å²) >= 11 is 3.40. The summed E-state index contributed by atoms with van der Waals surface area (Å²) in [5, 5.41) is 4.16. The fourth-order valence-electron chi connectivity index (χ4n) is 2.91. The van der Waals surface area contributed by atoms with E-state index < -0.39 is 0 Å². The van der Waals surface area contributed by atoms with Crippen LogP contribution in [-0.2, 0) is 0 Å². The zero-order chi connectivity index (χ0) is 14.1. The zero-order valence-electron chi connectivity index (χ0n) is 11.5. The van der Waals surface area contributed by atoms with Gasteiger partial charge in [-0.15, -0.1) is 0 Å². The topological polar surface area (TPSA) is 64.9 Å². The molecule has 1 aliphatic rings. The Kier molecular flexibility index (Phi) is 3.78. The number of nitrogen functional groups attached to an aromatic ring is 1. The summed E-state index contributed by atoms with van der Waals surface area (Å²) in [5.41, 5.74) is 7.45. The molecule has 0 spiro atoms. The van der Waals surface area contributed by atoms with Crippen LogP contribution in [-0.4, -0.2) is 10.1 Å². The molecule has 1 aromatic carbocycles. The molecule has 2 N–H and O–H groups in total. The molecular weight excluding hydrogens is 318 g/mol. The van der Waals surface area contributed by atoms with Crippen LogP contribution >= 0.6 is 15.9 Å². The number of benzene rings is 1. The molecule has 2 atom stereocenters. The van der Waals surface area contributed by atoms with Gasteiger partial charge in [0.2, 0.25) is 0 Å². The Labute approximate surface area is 126 Å². The predicted octanol–water partition coefficient (Wildman–Crippen LogP) is 4.38. The average molecular weight is 336 g/mol. The number of nitrogens with zero attached hydrogens (tertiary/aromatic N) is 2. The van der Waals surface area contributed by atoms with Crippen LogP contribution in [0.2, 0.25) is 0 Å². The van der Waals surface area contributed by atoms with Gasteiger partial charge in [-0.25, -0.2) is 0 Å². The Balaban J connectivity index is 1.86. The third-order valence-electron chi connectivity index (χ3n) is 3.99. The highest BCUT2D eigenvalue weighted by Gasteiger charge is 2.25. The Hall–Kier alpha value is -1.36. The van der Waals surface area contributed by atoms with Gasteiger partial charge in [-0.1, -0.05) is 40.9 Å². The fourth-order valence-corrected chi connectivity index (χ4v) is 3.29. The van der Waals surface area contributed by atoms with E-state index in [0.717, 1.165) is 34.6 Å². The van der Waals surface area contributed by atoms with Crippen molar-refractivity contribution in [1.29, 1.82) is 0 Å². The Morgan fingerprint density at radius 3 is 2.95 bits per heavy atom. The molecule has 0 bridgehead atoms. The maximum absolute atomic E-state index is 6.01. The molecule has 1 heterocycles. The first-order valence-corrected chi connectivity index (χ1v) is 7.82. The van der Waals surface area contributed by atoms with Crippen molar-refractivity contribution in [2.45, 2.75) is 38.5 Å². The molecule has 0 amide bonds. The number of hydrogen-bond acceptors (Lipinski definition) is 4. The van der Waals surface area contributed by atoms with Crippen LogP contribution in [0, 0.1) is 5.92 Å². The van der Waals surface area contributed by atoms with Crippen LogP contribution in [0.1, 0.15) is 44.3 Å². The van der Waals surface area contributed by atoms with Crippen LogP contribution in [0.4, 0.5) is 5.69 Å². The molecule has 1 aliphatic carbocycles. The summed E-state index contributed by atoms with van der Waals surface area (Å²) in [7, 11) is 0. The fraction of sp³-hybridized carbons (Fsp3) is 0.467. The highest BCUT2D eigenvalue weighted by molar-refractivity contribution is 9.10. The second-order valence-electron chi connectivity index (χ2n) is 5.66. The van der Waals surface area contributed by atoms with Gasteiger partial charge in [-0.3, -0.25) is 0 Å². The lowest BCUT2D eigenvalue weighted by molar-refractivity contribution is 0.324. The predicted molar refractivity (Wildman–Crippen MR) is 82.2 cm³/mol.